The van der Waals surface area contributed by atoms with Crippen LogP contribution >= 0.6 is 0 Å². The van der Waals surface area contributed by atoms with Gasteiger partial charge in [-0.15, -0.1) is 0 Å². The summed E-state index contributed by atoms with van der Waals surface area (Å²) in [5, 5.41) is 14.4. The van der Waals surface area contributed by atoms with E-state index in [0.717, 1.165) is 51.1 Å². The summed E-state index contributed by atoms with van der Waals surface area (Å²) in [5.74, 6) is -0.284. The molecule has 1 saturated carbocycles. The van der Waals surface area contributed by atoms with E-state index < -0.39 is 6.16 Å². The van der Waals surface area contributed by atoms with Crippen LogP contribution in [0, 0.1) is 5.82 Å². The van der Waals surface area contributed by atoms with Gasteiger partial charge in [0.25, 0.3) is 0 Å². The van der Waals surface area contributed by atoms with Crippen LogP contribution in [0.4, 0.5) is 14.9 Å². The molecule has 0 bridgehead atoms. The standard InChI is InChI=1S/C18H22FN3O.CH2O3/c1-2-20-7-9-21(10-8-20)17-12-16-14(11-15(17)19)18(23)5-6-22(16)13-3-4-13;2-1(3)4/h5-6,11-13H,2-4,7-10H2,1H3;(H2,2,3,4). The topological polar surface area (TPSA) is 86.0 Å². The molecule has 0 unspecified atom stereocenters. The van der Waals surface area contributed by atoms with Crippen molar-refractivity contribution in [2.24, 2.45) is 0 Å². The Morgan fingerprint density at radius 1 is 1.19 bits per heavy atom. The quantitative estimate of drug-likeness (QED) is 0.856. The monoisotopic (exact) mass is 377 g/mol. The summed E-state index contributed by atoms with van der Waals surface area (Å²) in [5.41, 5.74) is 1.40. The first-order valence-corrected chi connectivity index (χ1v) is 9.14. The molecule has 0 amide bonds. The molecule has 2 N–H and O–H groups in total. The van der Waals surface area contributed by atoms with Crippen LogP contribution in [0.2, 0.25) is 0 Å². The van der Waals surface area contributed by atoms with Gasteiger partial charge in [0.15, 0.2) is 5.43 Å². The van der Waals surface area contributed by atoms with E-state index in [1.54, 1.807) is 6.07 Å². The number of hydrogen-bond acceptors (Lipinski definition) is 4. The fourth-order valence-corrected chi connectivity index (χ4v) is 3.50. The second-order valence-electron chi connectivity index (χ2n) is 6.84. The Kier molecular flexibility index (Phi) is 5.65. The molecule has 27 heavy (non-hydrogen) atoms. The number of anilines is 1. The third-order valence-corrected chi connectivity index (χ3v) is 5.10. The van der Waals surface area contributed by atoms with E-state index in [0.29, 0.717) is 17.1 Å². The van der Waals surface area contributed by atoms with Crippen molar-refractivity contribution in [2.75, 3.05) is 37.6 Å². The SMILES string of the molecule is CCN1CCN(c2cc3c(cc2F)c(=O)ccn3C2CC2)CC1.O=C(O)O. The highest BCUT2D eigenvalue weighted by molar-refractivity contribution is 5.83. The highest BCUT2D eigenvalue weighted by Crippen LogP contribution is 2.37. The number of rotatable bonds is 3. The van der Waals surface area contributed by atoms with Gasteiger partial charge in [-0.1, -0.05) is 6.92 Å². The smallest absolute Gasteiger partial charge is 0.450 e. The van der Waals surface area contributed by atoms with Gasteiger partial charge >= 0.3 is 6.16 Å². The lowest BCUT2D eigenvalue weighted by molar-refractivity contribution is 0.137. The maximum atomic E-state index is 14.6. The van der Waals surface area contributed by atoms with Crippen LogP contribution in [0.5, 0.6) is 0 Å². The molecular weight excluding hydrogens is 353 g/mol. The van der Waals surface area contributed by atoms with Gasteiger partial charge < -0.3 is 24.6 Å². The highest BCUT2D eigenvalue weighted by Gasteiger charge is 2.26. The van der Waals surface area contributed by atoms with E-state index in [9.17, 15) is 9.18 Å². The predicted octanol–water partition coefficient (Wildman–Crippen LogP) is 2.84. The number of halogens is 1. The number of benzene rings is 1. The minimum atomic E-state index is -1.83. The van der Waals surface area contributed by atoms with Gasteiger partial charge in [0.05, 0.1) is 11.2 Å². The number of pyridine rings is 1. The van der Waals surface area contributed by atoms with E-state index in [1.807, 2.05) is 12.3 Å². The number of carbonyl (C=O) groups is 1. The van der Waals surface area contributed by atoms with Crippen LogP contribution in [0.1, 0.15) is 25.8 Å². The van der Waals surface area contributed by atoms with Gasteiger partial charge in [-0.05, 0) is 31.5 Å². The third kappa shape index (κ3) is 4.39. The molecule has 0 radical (unpaired) electrons. The summed E-state index contributed by atoms with van der Waals surface area (Å²) in [6.45, 7) is 6.76. The van der Waals surface area contributed by atoms with Gasteiger partial charge in [-0.3, -0.25) is 4.79 Å². The summed E-state index contributed by atoms with van der Waals surface area (Å²) < 4.78 is 16.7. The summed E-state index contributed by atoms with van der Waals surface area (Å²) in [4.78, 5) is 25.1. The summed E-state index contributed by atoms with van der Waals surface area (Å²) in [6.07, 6.45) is 2.30. The summed E-state index contributed by atoms with van der Waals surface area (Å²) >= 11 is 0. The Hall–Kier alpha value is -2.61. The van der Waals surface area contributed by atoms with E-state index in [1.165, 1.54) is 6.07 Å². The second kappa shape index (κ2) is 7.96. The number of likely N-dealkylation sites (N-methyl/N-ethyl adjacent to an activating group) is 1. The lowest BCUT2D eigenvalue weighted by atomic mass is 10.1. The van der Waals surface area contributed by atoms with E-state index in [4.69, 9.17) is 15.0 Å². The van der Waals surface area contributed by atoms with Crippen molar-refractivity contribution >= 4 is 22.7 Å². The van der Waals surface area contributed by atoms with E-state index >= 15 is 0 Å². The molecule has 0 spiro atoms. The lowest BCUT2D eigenvalue weighted by Gasteiger charge is -2.35. The normalized spacial score (nSPS) is 17.5. The third-order valence-electron chi connectivity index (χ3n) is 5.10. The van der Waals surface area contributed by atoms with Crippen LogP contribution in [-0.4, -0.2) is 58.6 Å². The molecule has 1 aromatic carbocycles. The molecule has 1 saturated heterocycles. The summed E-state index contributed by atoms with van der Waals surface area (Å²) in [6, 6.07) is 5.33. The van der Waals surface area contributed by atoms with Gasteiger partial charge in [0.1, 0.15) is 5.82 Å². The molecule has 1 aliphatic heterocycles. The average molecular weight is 377 g/mol. The maximum absolute atomic E-state index is 14.6. The molecule has 0 atom stereocenters. The largest absolute Gasteiger partial charge is 0.503 e. The maximum Gasteiger partial charge on any atom is 0.503 e. The Labute approximate surface area is 156 Å². The van der Waals surface area contributed by atoms with Crippen LogP contribution < -0.4 is 10.3 Å². The number of fused-ring (bicyclic) bond motifs is 1. The van der Waals surface area contributed by atoms with Crippen molar-refractivity contribution in [3.05, 3.63) is 40.4 Å². The first-order valence-electron chi connectivity index (χ1n) is 9.14. The minimum absolute atomic E-state index is 0.0989. The predicted molar refractivity (Wildman–Crippen MR) is 101 cm³/mol. The van der Waals surface area contributed by atoms with Gasteiger partial charge in [0.2, 0.25) is 0 Å². The van der Waals surface area contributed by atoms with Gasteiger partial charge in [0, 0.05) is 49.9 Å². The first kappa shape index (κ1) is 19.2. The first-order chi connectivity index (χ1) is 12.9. The second-order valence-corrected chi connectivity index (χ2v) is 6.84. The number of piperazine rings is 1. The molecule has 2 fully saturated rings. The fraction of sp³-hybridized carbons (Fsp3) is 0.474. The highest BCUT2D eigenvalue weighted by atomic mass is 19.1. The molecule has 2 aromatic rings. The number of hydrogen-bond donors (Lipinski definition) is 2. The minimum Gasteiger partial charge on any atom is -0.450 e. The molecule has 2 heterocycles. The van der Waals surface area contributed by atoms with Crippen molar-refractivity contribution in [1.29, 1.82) is 0 Å². The van der Waals surface area contributed by atoms with Crippen LogP contribution in [0.3, 0.4) is 0 Å². The number of aromatic nitrogens is 1. The Balaban J connectivity index is 0.000000481. The van der Waals surface area contributed by atoms with Crippen molar-refractivity contribution in [1.82, 2.24) is 9.47 Å². The van der Waals surface area contributed by atoms with Gasteiger partial charge in [-0.25, -0.2) is 9.18 Å². The molecular formula is C19H24FN3O4. The fourth-order valence-electron chi connectivity index (χ4n) is 3.50. The number of carboxylic acid groups (broad SMARTS) is 2. The molecule has 1 aliphatic carbocycles. The van der Waals surface area contributed by atoms with Crippen molar-refractivity contribution < 1.29 is 19.4 Å². The lowest BCUT2D eigenvalue weighted by Crippen LogP contribution is -2.46. The molecule has 2 aliphatic rings. The Bertz CT molecular complexity index is 882. The summed E-state index contributed by atoms with van der Waals surface area (Å²) in [7, 11) is 0. The number of nitrogens with zero attached hydrogens (tertiary/aromatic N) is 3. The van der Waals surface area contributed by atoms with E-state index in [-0.39, 0.29) is 11.2 Å². The van der Waals surface area contributed by atoms with Gasteiger partial charge in [-0.2, -0.15) is 0 Å². The molecule has 146 valence electrons. The molecule has 1 aromatic heterocycles. The zero-order valence-electron chi connectivity index (χ0n) is 15.3. The molecule has 8 heteroatoms. The van der Waals surface area contributed by atoms with E-state index in [2.05, 4.69) is 21.3 Å². The average Bonchev–Trinajstić information content (AvgIpc) is 3.47. The Morgan fingerprint density at radius 3 is 2.37 bits per heavy atom. The zero-order chi connectivity index (χ0) is 19.6. The van der Waals surface area contributed by atoms with Crippen molar-refractivity contribution in [3.8, 4) is 0 Å². The molecule has 7 nitrogen and oxygen atoms in total. The van der Waals surface area contributed by atoms with Crippen LogP contribution in [0.25, 0.3) is 10.9 Å². The Morgan fingerprint density at radius 2 is 1.81 bits per heavy atom. The zero-order valence-corrected chi connectivity index (χ0v) is 15.3. The van der Waals surface area contributed by atoms with Crippen molar-refractivity contribution in [3.63, 3.8) is 0 Å². The van der Waals surface area contributed by atoms with Crippen molar-refractivity contribution in [2.45, 2.75) is 25.8 Å². The molecule has 4 rings (SSSR count). The van der Waals surface area contributed by atoms with Crippen LogP contribution in [-0.2, 0) is 0 Å². The van der Waals surface area contributed by atoms with Crippen LogP contribution in [0.15, 0.2) is 29.2 Å².